The van der Waals surface area contributed by atoms with Crippen LogP contribution < -0.4 is 0 Å². The summed E-state index contributed by atoms with van der Waals surface area (Å²) in [4.78, 5) is 14.8. The highest BCUT2D eigenvalue weighted by Gasteiger charge is 2.25. The van der Waals surface area contributed by atoms with Gasteiger partial charge in [-0.2, -0.15) is 0 Å². The molecule has 1 aliphatic heterocycles. The third-order valence-corrected chi connectivity index (χ3v) is 6.52. The van der Waals surface area contributed by atoms with E-state index >= 15 is 0 Å². The quantitative estimate of drug-likeness (QED) is 0.665. The van der Waals surface area contributed by atoms with E-state index in [0.29, 0.717) is 0 Å². The van der Waals surface area contributed by atoms with Gasteiger partial charge in [0.1, 0.15) is 0 Å². The summed E-state index contributed by atoms with van der Waals surface area (Å²) >= 11 is 1.80. The SMILES string of the molecule is CCc1ccccc1C(=CCCN1CCC[C@H]1CC(=O)O)c1sccc1C. The normalized spacial score (nSPS) is 18.1. The standard InChI is InChI=1S/C23H29NO2S/c1-3-18-8-4-5-10-20(18)21(23-17(2)12-15-27-23)11-7-14-24-13-6-9-19(24)16-22(25)26/h4-5,8,10-12,15,19H,3,6-7,9,13-14,16H2,1-2H3,(H,25,26)/t19-/m0/s1. The molecule has 3 rings (SSSR count). The van der Waals surface area contributed by atoms with E-state index in [4.69, 9.17) is 5.11 Å². The second-order valence-corrected chi connectivity index (χ2v) is 8.20. The zero-order chi connectivity index (χ0) is 19.2. The molecule has 0 spiro atoms. The van der Waals surface area contributed by atoms with Crippen molar-refractivity contribution in [2.24, 2.45) is 0 Å². The largest absolute Gasteiger partial charge is 0.481 e. The molecule has 1 aromatic carbocycles. The molecule has 1 N–H and O–H groups in total. The summed E-state index contributed by atoms with van der Waals surface area (Å²) in [5.41, 5.74) is 5.35. The van der Waals surface area contributed by atoms with Gasteiger partial charge in [-0.1, -0.05) is 37.3 Å². The Morgan fingerprint density at radius 1 is 1.33 bits per heavy atom. The Balaban J connectivity index is 1.81. The number of benzene rings is 1. The van der Waals surface area contributed by atoms with Gasteiger partial charge in [0.05, 0.1) is 6.42 Å². The number of hydrogen-bond donors (Lipinski definition) is 1. The van der Waals surface area contributed by atoms with Gasteiger partial charge < -0.3 is 5.11 Å². The van der Waals surface area contributed by atoms with Crippen LogP contribution in [0.25, 0.3) is 5.57 Å². The maximum Gasteiger partial charge on any atom is 0.304 e. The number of thiophene rings is 1. The average molecular weight is 384 g/mol. The maximum absolute atomic E-state index is 11.1. The zero-order valence-electron chi connectivity index (χ0n) is 16.3. The van der Waals surface area contributed by atoms with Crippen LogP contribution in [0.3, 0.4) is 0 Å². The highest BCUT2D eigenvalue weighted by molar-refractivity contribution is 7.11. The predicted octanol–water partition coefficient (Wildman–Crippen LogP) is 5.38. The number of aryl methyl sites for hydroxylation is 2. The first-order valence-corrected chi connectivity index (χ1v) is 10.8. The van der Waals surface area contributed by atoms with Gasteiger partial charge in [0, 0.05) is 17.5 Å². The van der Waals surface area contributed by atoms with Crippen LogP contribution in [0, 0.1) is 6.92 Å². The Bertz CT molecular complexity index is 808. The fourth-order valence-corrected chi connectivity index (χ4v) is 5.04. The van der Waals surface area contributed by atoms with Gasteiger partial charge in [-0.25, -0.2) is 0 Å². The monoisotopic (exact) mass is 383 g/mol. The summed E-state index contributed by atoms with van der Waals surface area (Å²) in [7, 11) is 0. The van der Waals surface area contributed by atoms with Gasteiger partial charge in [-0.3, -0.25) is 9.69 Å². The summed E-state index contributed by atoms with van der Waals surface area (Å²) in [5, 5.41) is 11.3. The summed E-state index contributed by atoms with van der Waals surface area (Å²) in [6.07, 6.45) is 6.71. The van der Waals surface area contributed by atoms with Crippen molar-refractivity contribution >= 4 is 22.9 Å². The molecule has 0 radical (unpaired) electrons. The number of rotatable bonds is 8. The molecule has 2 heterocycles. The van der Waals surface area contributed by atoms with E-state index in [1.165, 1.54) is 27.1 Å². The lowest BCUT2D eigenvalue weighted by Crippen LogP contribution is -2.32. The minimum absolute atomic E-state index is 0.200. The third-order valence-electron chi connectivity index (χ3n) is 5.47. The second-order valence-electron chi connectivity index (χ2n) is 7.28. The third kappa shape index (κ3) is 4.88. The molecule has 4 heteroatoms. The molecular weight excluding hydrogens is 354 g/mol. The lowest BCUT2D eigenvalue weighted by atomic mass is 9.95. The van der Waals surface area contributed by atoms with Crippen molar-refractivity contribution in [2.75, 3.05) is 13.1 Å². The molecule has 0 bridgehead atoms. The smallest absolute Gasteiger partial charge is 0.304 e. The molecule has 1 fully saturated rings. The van der Waals surface area contributed by atoms with Gasteiger partial charge in [0.2, 0.25) is 0 Å². The van der Waals surface area contributed by atoms with E-state index in [1.807, 2.05) is 0 Å². The van der Waals surface area contributed by atoms with E-state index in [2.05, 4.69) is 60.5 Å². The Labute approximate surface area is 166 Å². The Hall–Kier alpha value is -1.91. The molecule has 0 amide bonds. The number of likely N-dealkylation sites (tertiary alicyclic amines) is 1. The van der Waals surface area contributed by atoms with E-state index in [0.717, 1.165) is 38.8 Å². The van der Waals surface area contributed by atoms with Crippen molar-refractivity contribution in [2.45, 2.75) is 52.0 Å². The predicted molar refractivity (Wildman–Crippen MR) is 113 cm³/mol. The summed E-state index contributed by atoms with van der Waals surface area (Å²) in [6, 6.07) is 11.1. The molecule has 1 atom stereocenters. The summed E-state index contributed by atoms with van der Waals surface area (Å²) in [6.45, 7) is 6.33. The fourth-order valence-electron chi connectivity index (χ4n) is 4.06. The Morgan fingerprint density at radius 3 is 2.85 bits per heavy atom. The molecule has 144 valence electrons. The number of nitrogens with zero attached hydrogens (tertiary/aromatic N) is 1. The molecule has 27 heavy (non-hydrogen) atoms. The number of carboxylic acid groups (broad SMARTS) is 1. The van der Waals surface area contributed by atoms with Crippen molar-refractivity contribution < 1.29 is 9.90 Å². The number of aliphatic carboxylic acids is 1. The molecule has 0 aliphatic carbocycles. The molecule has 1 aliphatic rings. The number of hydrogen-bond acceptors (Lipinski definition) is 3. The van der Waals surface area contributed by atoms with Gasteiger partial charge >= 0.3 is 5.97 Å². The van der Waals surface area contributed by atoms with Crippen LogP contribution in [0.2, 0.25) is 0 Å². The first-order chi connectivity index (χ1) is 13.1. The van der Waals surface area contributed by atoms with Crippen LogP contribution in [-0.4, -0.2) is 35.1 Å². The van der Waals surface area contributed by atoms with Crippen LogP contribution >= 0.6 is 11.3 Å². The van der Waals surface area contributed by atoms with Crippen LogP contribution in [0.15, 0.2) is 41.8 Å². The molecule has 0 unspecified atom stereocenters. The highest BCUT2D eigenvalue weighted by Crippen LogP contribution is 2.33. The van der Waals surface area contributed by atoms with Crippen molar-refractivity contribution in [3.8, 4) is 0 Å². The molecule has 3 nitrogen and oxygen atoms in total. The van der Waals surface area contributed by atoms with Gasteiger partial charge in [0.15, 0.2) is 0 Å². The molecule has 2 aromatic rings. The first-order valence-electron chi connectivity index (χ1n) is 9.89. The average Bonchev–Trinajstić information content (AvgIpc) is 3.27. The molecule has 1 saturated heterocycles. The van der Waals surface area contributed by atoms with Crippen molar-refractivity contribution in [1.82, 2.24) is 4.90 Å². The van der Waals surface area contributed by atoms with E-state index in [-0.39, 0.29) is 12.5 Å². The van der Waals surface area contributed by atoms with E-state index in [9.17, 15) is 4.79 Å². The van der Waals surface area contributed by atoms with Crippen LogP contribution in [0.5, 0.6) is 0 Å². The van der Waals surface area contributed by atoms with Gasteiger partial charge in [0.25, 0.3) is 0 Å². The lowest BCUT2D eigenvalue weighted by molar-refractivity contribution is -0.138. The van der Waals surface area contributed by atoms with Gasteiger partial charge in [-0.15, -0.1) is 11.3 Å². The maximum atomic E-state index is 11.1. The second kappa shape index (κ2) is 9.34. The first kappa shape index (κ1) is 19.8. The van der Waals surface area contributed by atoms with Crippen molar-refractivity contribution in [1.29, 1.82) is 0 Å². The molecule has 0 saturated carbocycles. The molecular formula is C23H29NO2S. The van der Waals surface area contributed by atoms with E-state index < -0.39 is 5.97 Å². The topological polar surface area (TPSA) is 40.5 Å². The summed E-state index contributed by atoms with van der Waals surface area (Å²) < 4.78 is 0. The van der Waals surface area contributed by atoms with Crippen LogP contribution in [0.4, 0.5) is 0 Å². The van der Waals surface area contributed by atoms with Crippen molar-refractivity contribution in [3.05, 3.63) is 63.4 Å². The minimum atomic E-state index is -0.686. The fraction of sp³-hybridized carbons (Fsp3) is 0.435. The zero-order valence-corrected chi connectivity index (χ0v) is 17.1. The van der Waals surface area contributed by atoms with Crippen molar-refractivity contribution in [3.63, 3.8) is 0 Å². The number of carbonyl (C=O) groups is 1. The van der Waals surface area contributed by atoms with Crippen LogP contribution in [-0.2, 0) is 11.2 Å². The van der Waals surface area contributed by atoms with Crippen LogP contribution in [0.1, 0.15) is 54.2 Å². The Kier molecular flexibility index (Phi) is 6.86. The minimum Gasteiger partial charge on any atom is -0.481 e. The van der Waals surface area contributed by atoms with Gasteiger partial charge in [-0.05, 0) is 72.9 Å². The van der Waals surface area contributed by atoms with E-state index in [1.54, 1.807) is 11.3 Å². The highest BCUT2D eigenvalue weighted by atomic mass is 32.1. The number of carboxylic acids is 1. The summed E-state index contributed by atoms with van der Waals surface area (Å²) in [5.74, 6) is -0.686. The lowest BCUT2D eigenvalue weighted by Gasteiger charge is -2.22. The Morgan fingerprint density at radius 2 is 2.15 bits per heavy atom. The molecule has 1 aromatic heterocycles.